The molecule has 2 aromatic rings. The molecule has 2 rings (SSSR count). The van der Waals surface area contributed by atoms with Crippen molar-refractivity contribution < 1.29 is 9.53 Å². The first-order valence-corrected chi connectivity index (χ1v) is 8.67. The Morgan fingerprint density at radius 2 is 1.60 bits per heavy atom. The predicted octanol–water partition coefficient (Wildman–Crippen LogP) is 3.94. The van der Waals surface area contributed by atoms with E-state index in [-0.39, 0.29) is 11.9 Å². The number of rotatable bonds is 6. The van der Waals surface area contributed by atoms with Crippen LogP contribution < -0.4 is 10.1 Å². The second-order valence-electron chi connectivity index (χ2n) is 6.13. The molecule has 0 saturated carbocycles. The lowest BCUT2D eigenvalue weighted by atomic mass is 10.0. The molecule has 1 amide bonds. The van der Waals surface area contributed by atoms with Gasteiger partial charge in [0, 0.05) is 24.1 Å². The van der Waals surface area contributed by atoms with Crippen molar-refractivity contribution in [2.75, 3.05) is 6.61 Å². The fraction of sp³-hybridized carbons (Fsp3) is 0.318. The van der Waals surface area contributed by atoms with E-state index in [1.54, 1.807) is 0 Å². The van der Waals surface area contributed by atoms with E-state index in [1.165, 1.54) is 12.5 Å². The summed E-state index contributed by atoms with van der Waals surface area (Å²) in [7, 11) is 0. The molecule has 130 valence electrons. The number of nitrogens with one attached hydrogen (secondary N) is 1. The van der Waals surface area contributed by atoms with Gasteiger partial charge in [-0.05, 0) is 61.7 Å². The Morgan fingerprint density at radius 1 is 1.04 bits per heavy atom. The highest BCUT2D eigenvalue weighted by Crippen LogP contribution is 2.12. The van der Waals surface area contributed by atoms with Crippen molar-refractivity contribution in [2.24, 2.45) is 0 Å². The molecule has 0 bridgehead atoms. The normalized spacial score (nSPS) is 11.2. The first-order chi connectivity index (χ1) is 12.1. The molecule has 0 aliphatic heterocycles. The summed E-state index contributed by atoms with van der Waals surface area (Å²) in [6, 6.07) is 16.1. The van der Waals surface area contributed by atoms with Crippen molar-refractivity contribution in [1.29, 1.82) is 0 Å². The van der Waals surface area contributed by atoms with Crippen molar-refractivity contribution >= 4 is 5.91 Å². The molecule has 0 fully saturated rings. The Balaban J connectivity index is 1.95. The van der Waals surface area contributed by atoms with Crippen molar-refractivity contribution in [2.45, 2.75) is 39.7 Å². The number of amides is 1. The lowest BCUT2D eigenvalue weighted by Crippen LogP contribution is -2.31. The summed E-state index contributed by atoms with van der Waals surface area (Å²) >= 11 is 0. The van der Waals surface area contributed by atoms with E-state index in [1.807, 2.05) is 43.3 Å². The molecule has 0 aromatic heterocycles. The Morgan fingerprint density at radius 3 is 2.12 bits per heavy atom. The van der Waals surface area contributed by atoms with Gasteiger partial charge >= 0.3 is 0 Å². The summed E-state index contributed by atoms with van der Waals surface area (Å²) in [4.78, 5) is 11.1. The van der Waals surface area contributed by atoms with Crippen LogP contribution in [0.2, 0.25) is 0 Å². The van der Waals surface area contributed by atoms with E-state index in [0.717, 1.165) is 36.3 Å². The van der Waals surface area contributed by atoms with Gasteiger partial charge in [-0.1, -0.05) is 30.9 Å². The third-order valence-electron chi connectivity index (χ3n) is 3.62. The third kappa shape index (κ3) is 6.73. The van der Waals surface area contributed by atoms with E-state index >= 15 is 0 Å². The number of carbonyl (C=O) groups excluding carboxylic acids is 1. The second-order valence-corrected chi connectivity index (χ2v) is 6.13. The zero-order valence-corrected chi connectivity index (χ0v) is 15.1. The molecular weight excluding hydrogens is 310 g/mol. The van der Waals surface area contributed by atoms with Gasteiger partial charge in [-0.25, -0.2) is 0 Å². The van der Waals surface area contributed by atoms with Crippen molar-refractivity contribution in [3.8, 4) is 17.6 Å². The monoisotopic (exact) mass is 335 g/mol. The summed E-state index contributed by atoms with van der Waals surface area (Å²) in [5, 5.41) is 2.89. The van der Waals surface area contributed by atoms with Gasteiger partial charge in [-0.15, -0.1) is 0 Å². The smallest absolute Gasteiger partial charge is 0.217 e. The predicted molar refractivity (Wildman–Crippen MR) is 102 cm³/mol. The van der Waals surface area contributed by atoms with E-state index in [4.69, 9.17) is 4.74 Å². The first kappa shape index (κ1) is 18.6. The van der Waals surface area contributed by atoms with E-state index in [2.05, 4.69) is 36.2 Å². The van der Waals surface area contributed by atoms with Gasteiger partial charge in [0.05, 0.1) is 6.61 Å². The minimum atomic E-state index is 0.00102. The summed E-state index contributed by atoms with van der Waals surface area (Å²) < 4.78 is 5.57. The van der Waals surface area contributed by atoms with Crippen LogP contribution in [0.4, 0.5) is 0 Å². The quantitative estimate of drug-likeness (QED) is 0.812. The van der Waals surface area contributed by atoms with Gasteiger partial charge in [-0.3, -0.25) is 4.79 Å². The molecule has 0 aliphatic carbocycles. The molecule has 0 spiro atoms. The summed E-state index contributed by atoms with van der Waals surface area (Å²) in [6.45, 7) is 6.37. The van der Waals surface area contributed by atoms with Gasteiger partial charge in [0.15, 0.2) is 0 Å². The SMILES string of the molecule is CCCOc1ccc(C#Cc2ccc(C[C@H](C)NC(C)=O)cc2)cc1. The molecule has 0 unspecified atom stereocenters. The minimum absolute atomic E-state index is 0.00102. The van der Waals surface area contributed by atoms with Crippen LogP contribution in [0.5, 0.6) is 5.75 Å². The average Bonchev–Trinajstić information content (AvgIpc) is 2.59. The Labute approximate surface area is 150 Å². The van der Waals surface area contributed by atoms with Crippen LogP contribution in [0.25, 0.3) is 0 Å². The lowest BCUT2D eigenvalue weighted by Gasteiger charge is -2.12. The van der Waals surface area contributed by atoms with E-state index in [9.17, 15) is 4.79 Å². The van der Waals surface area contributed by atoms with Crippen LogP contribution >= 0.6 is 0 Å². The molecule has 3 nitrogen and oxygen atoms in total. The van der Waals surface area contributed by atoms with Crippen LogP contribution in [0, 0.1) is 11.8 Å². The van der Waals surface area contributed by atoms with Gasteiger partial charge in [0.1, 0.15) is 5.75 Å². The highest BCUT2D eigenvalue weighted by Gasteiger charge is 2.04. The maximum Gasteiger partial charge on any atom is 0.217 e. The molecule has 0 radical (unpaired) electrons. The molecule has 0 saturated heterocycles. The van der Waals surface area contributed by atoms with E-state index < -0.39 is 0 Å². The number of benzene rings is 2. The average molecular weight is 335 g/mol. The van der Waals surface area contributed by atoms with Crippen LogP contribution in [0.3, 0.4) is 0 Å². The largest absolute Gasteiger partial charge is 0.494 e. The van der Waals surface area contributed by atoms with Gasteiger partial charge in [-0.2, -0.15) is 0 Å². The highest BCUT2D eigenvalue weighted by atomic mass is 16.5. The molecule has 1 N–H and O–H groups in total. The summed E-state index contributed by atoms with van der Waals surface area (Å²) in [5.41, 5.74) is 3.12. The number of carbonyl (C=O) groups is 1. The van der Waals surface area contributed by atoms with Gasteiger partial charge < -0.3 is 10.1 Å². The Bertz CT molecular complexity index is 736. The molecule has 1 atom stereocenters. The summed E-state index contributed by atoms with van der Waals surface area (Å²) in [6.07, 6.45) is 1.81. The van der Waals surface area contributed by atoms with E-state index in [0.29, 0.717) is 0 Å². The maximum atomic E-state index is 11.1. The number of hydrogen-bond acceptors (Lipinski definition) is 2. The van der Waals surface area contributed by atoms with Crippen LogP contribution in [0.15, 0.2) is 48.5 Å². The minimum Gasteiger partial charge on any atom is -0.494 e. The molecule has 0 aliphatic rings. The third-order valence-corrected chi connectivity index (χ3v) is 3.62. The fourth-order valence-corrected chi connectivity index (χ4v) is 2.47. The van der Waals surface area contributed by atoms with Crippen LogP contribution in [-0.4, -0.2) is 18.6 Å². The van der Waals surface area contributed by atoms with Crippen LogP contribution in [0.1, 0.15) is 43.9 Å². The topological polar surface area (TPSA) is 38.3 Å². The molecule has 0 heterocycles. The number of hydrogen-bond donors (Lipinski definition) is 1. The van der Waals surface area contributed by atoms with Crippen molar-refractivity contribution in [1.82, 2.24) is 5.32 Å². The fourth-order valence-electron chi connectivity index (χ4n) is 2.47. The first-order valence-electron chi connectivity index (χ1n) is 8.67. The molecule has 2 aromatic carbocycles. The number of ether oxygens (including phenoxy) is 1. The zero-order chi connectivity index (χ0) is 18.1. The summed E-state index contributed by atoms with van der Waals surface area (Å²) in [5.74, 6) is 7.22. The standard InChI is InChI=1S/C22H25NO2/c1-4-15-25-22-13-11-20(12-14-22)6-5-19-7-9-21(10-8-19)16-17(2)23-18(3)24/h7-14,17H,4,15-16H2,1-3H3,(H,23,24)/t17-/m0/s1. The lowest BCUT2D eigenvalue weighted by molar-refractivity contribution is -0.119. The Hall–Kier alpha value is -2.73. The molecule has 25 heavy (non-hydrogen) atoms. The highest BCUT2D eigenvalue weighted by molar-refractivity contribution is 5.73. The van der Waals surface area contributed by atoms with Crippen LogP contribution in [-0.2, 0) is 11.2 Å². The molecule has 3 heteroatoms. The van der Waals surface area contributed by atoms with Crippen molar-refractivity contribution in [3.63, 3.8) is 0 Å². The molecular formula is C22H25NO2. The zero-order valence-electron chi connectivity index (χ0n) is 15.1. The Kier molecular flexibility index (Phi) is 7.10. The maximum absolute atomic E-state index is 11.1. The van der Waals surface area contributed by atoms with Crippen molar-refractivity contribution in [3.05, 3.63) is 65.2 Å². The van der Waals surface area contributed by atoms with Gasteiger partial charge in [0.25, 0.3) is 0 Å². The van der Waals surface area contributed by atoms with Gasteiger partial charge in [0.2, 0.25) is 5.91 Å². The second kappa shape index (κ2) is 9.54.